The van der Waals surface area contributed by atoms with Crippen LogP contribution in [0.15, 0.2) is 24.3 Å². The first-order valence-electron chi connectivity index (χ1n) is 5.99. The fraction of sp³-hybridized carbons (Fsp3) is 0.308. The zero-order chi connectivity index (χ0) is 14.9. The van der Waals surface area contributed by atoms with Crippen LogP contribution in [0.5, 0.6) is 0 Å². The number of carbonyl (C=O) groups is 3. The van der Waals surface area contributed by atoms with E-state index in [0.717, 1.165) is 0 Å². The van der Waals surface area contributed by atoms with Crippen molar-refractivity contribution in [3.8, 4) is 0 Å². The van der Waals surface area contributed by atoms with Gasteiger partial charge in [-0.2, -0.15) is 0 Å². The molecule has 4 amide bonds. The van der Waals surface area contributed by atoms with E-state index in [0.29, 0.717) is 10.7 Å². The van der Waals surface area contributed by atoms with Crippen LogP contribution in [0.3, 0.4) is 0 Å². The quantitative estimate of drug-likeness (QED) is 0.773. The molecule has 0 aliphatic carbocycles. The average Bonchev–Trinajstić information content (AvgIpc) is 2.37. The van der Waals surface area contributed by atoms with Gasteiger partial charge in [-0.15, -0.1) is 0 Å². The monoisotopic (exact) mass is 295 g/mol. The van der Waals surface area contributed by atoms with Crippen molar-refractivity contribution in [3.63, 3.8) is 0 Å². The second kappa shape index (κ2) is 5.13. The van der Waals surface area contributed by atoms with Crippen molar-refractivity contribution in [2.75, 3.05) is 11.9 Å². The number of imide groups is 1. The van der Waals surface area contributed by atoms with E-state index in [1.54, 1.807) is 38.1 Å². The minimum atomic E-state index is -1.09. The molecule has 7 heteroatoms. The second-order valence-corrected chi connectivity index (χ2v) is 5.40. The summed E-state index contributed by atoms with van der Waals surface area (Å²) in [5.41, 5.74) is -0.557. The maximum Gasteiger partial charge on any atom is 0.323 e. The van der Waals surface area contributed by atoms with Crippen LogP contribution in [0, 0.1) is 0 Å². The van der Waals surface area contributed by atoms with Crippen molar-refractivity contribution < 1.29 is 14.4 Å². The third kappa shape index (κ3) is 2.75. The topological polar surface area (TPSA) is 78.5 Å². The Balaban J connectivity index is 2.16. The molecule has 0 bridgehead atoms. The second-order valence-electron chi connectivity index (χ2n) is 4.96. The number of rotatable bonds is 1. The zero-order valence-corrected chi connectivity index (χ0v) is 11.8. The Morgan fingerprint density at radius 3 is 2.50 bits per heavy atom. The lowest BCUT2D eigenvalue weighted by Gasteiger charge is -2.39. The molecule has 106 valence electrons. The number of anilines is 1. The van der Waals surface area contributed by atoms with E-state index in [2.05, 4.69) is 10.6 Å². The molecule has 6 nitrogen and oxygen atoms in total. The van der Waals surface area contributed by atoms with Crippen molar-refractivity contribution >= 4 is 35.1 Å². The number of halogens is 1. The van der Waals surface area contributed by atoms with Gasteiger partial charge in [0.1, 0.15) is 12.1 Å². The van der Waals surface area contributed by atoms with Crippen LogP contribution in [0.2, 0.25) is 5.02 Å². The van der Waals surface area contributed by atoms with Crippen molar-refractivity contribution in [1.29, 1.82) is 0 Å². The van der Waals surface area contributed by atoms with Gasteiger partial charge >= 0.3 is 6.03 Å². The SMILES string of the molecule is CC1(C)C(=O)NC(=O)CN1C(=O)Nc1ccc(Cl)cc1. The van der Waals surface area contributed by atoms with Crippen LogP contribution < -0.4 is 10.6 Å². The summed E-state index contributed by atoms with van der Waals surface area (Å²) in [6.07, 6.45) is 0. The number of benzene rings is 1. The van der Waals surface area contributed by atoms with Gasteiger partial charge in [-0.1, -0.05) is 11.6 Å². The zero-order valence-electron chi connectivity index (χ0n) is 11.1. The summed E-state index contributed by atoms with van der Waals surface area (Å²) in [5.74, 6) is -0.999. The highest BCUT2D eigenvalue weighted by Crippen LogP contribution is 2.20. The van der Waals surface area contributed by atoms with Gasteiger partial charge in [0.15, 0.2) is 0 Å². The van der Waals surface area contributed by atoms with E-state index >= 15 is 0 Å². The normalized spacial score (nSPS) is 17.6. The Kier molecular flexibility index (Phi) is 3.67. The summed E-state index contributed by atoms with van der Waals surface area (Å²) in [6, 6.07) is 6.03. The lowest BCUT2D eigenvalue weighted by atomic mass is 9.99. The number of nitrogens with one attached hydrogen (secondary N) is 2. The average molecular weight is 296 g/mol. The molecule has 0 atom stereocenters. The van der Waals surface area contributed by atoms with E-state index in [1.807, 2.05) is 0 Å². The molecule has 1 aromatic rings. The Hall–Kier alpha value is -2.08. The number of hydrogen-bond donors (Lipinski definition) is 2. The van der Waals surface area contributed by atoms with Crippen molar-refractivity contribution in [3.05, 3.63) is 29.3 Å². The summed E-state index contributed by atoms with van der Waals surface area (Å²) in [6.45, 7) is 2.99. The molecule has 1 heterocycles. The number of amides is 4. The van der Waals surface area contributed by atoms with Crippen LogP contribution >= 0.6 is 11.6 Å². The van der Waals surface area contributed by atoms with E-state index in [1.165, 1.54) is 4.90 Å². The first kappa shape index (κ1) is 14.3. The molecule has 1 aliphatic rings. The minimum absolute atomic E-state index is 0.168. The maximum atomic E-state index is 12.2. The third-order valence-electron chi connectivity index (χ3n) is 3.13. The van der Waals surface area contributed by atoms with E-state index in [-0.39, 0.29) is 6.54 Å². The summed E-state index contributed by atoms with van der Waals surface area (Å²) >= 11 is 5.76. The molecule has 0 unspecified atom stereocenters. The Bertz CT molecular complexity index is 569. The largest absolute Gasteiger partial charge is 0.323 e. The van der Waals surface area contributed by atoms with Gasteiger partial charge in [-0.3, -0.25) is 14.9 Å². The summed E-state index contributed by atoms with van der Waals surface area (Å²) < 4.78 is 0. The molecule has 2 N–H and O–H groups in total. The molecule has 1 fully saturated rings. The van der Waals surface area contributed by atoms with E-state index in [9.17, 15) is 14.4 Å². The van der Waals surface area contributed by atoms with Crippen molar-refractivity contribution in [1.82, 2.24) is 10.2 Å². The van der Waals surface area contributed by atoms with Gasteiger partial charge in [0.25, 0.3) is 5.91 Å². The Morgan fingerprint density at radius 1 is 1.30 bits per heavy atom. The van der Waals surface area contributed by atoms with Gasteiger partial charge in [-0.05, 0) is 38.1 Å². The number of piperazine rings is 1. The van der Waals surface area contributed by atoms with Gasteiger partial charge in [0, 0.05) is 10.7 Å². The number of hydrogen-bond acceptors (Lipinski definition) is 3. The molecule has 0 spiro atoms. The molecular weight excluding hydrogens is 282 g/mol. The fourth-order valence-electron chi connectivity index (χ4n) is 1.83. The lowest BCUT2D eigenvalue weighted by Crippen LogP contribution is -2.66. The highest BCUT2D eigenvalue weighted by Gasteiger charge is 2.43. The van der Waals surface area contributed by atoms with Crippen LogP contribution in [0.1, 0.15) is 13.8 Å². The maximum absolute atomic E-state index is 12.2. The molecule has 1 aromatic carbocycles. The molecule has 1 saturated heterocycles. The first-order chi connectivity index (χ1) is 9.30. The highest BCUT2D eigenvalue weighted by molar-refractivity contribution is 6.30. The lowest BCUT2D eigenvalue weighted by molar-refractivity contribution is -0.142. The van der Waals surface area contributed by atoms with Crippen LogP contribution in [-0.4, -0.2) is 34.8 Å². The molecular formula is C13H14ClN3O3. The summed E-state index contributed by atoms with van der Waals surface area (Å²) in [4.78, 5) is 36.6. The summed E-state index contributed by atoms with van der Waals surface area (Å²) in [7, 11) is 0. The van der Waals surface area contributed by atoms with Gasteiger partial charge in [0.05, 0.1) is 0 Å². The van der Waals surface area contributed by atoms with Gasteiger partial charge < -0.3 is 10.2 Å². The molecule has 0 radical (unpaired) electrons. The summed E-state index contributed by atoms with van der Waals surface area (Å²) in [5, 5.41) is 5.39. The predicted molar refractivity (Wildman–Crippen MR) is 74.4 cm³/mol. The first-order valence-corrected chi connectivity index (χ1v) is 6.37. The Labute approximate surface area is 121 Å². The molecule has 1 aliphatic heterocycles. The van der Waals surface area contributed by atoms with Crippen LogP contribution in [0.25, 0.3) is 0 Å². The molecule has 2 rings (SSSR count). The van der Waals surface area contributed by atoms with E-state index in [4.69, 9.17) is 11.6 Å². The predicted octanol–water partition coefficient (Wildman–Crippen LogP) is 1.61. The number of nitrogens with zero attached hydrogens (tertiary/aromatic N) is 1. The van der Waals surface area contributed by atoms with Gasteiger partial charge in [0.2, 0.25) is 5.91 Å². The van der Waals surface area contributed by atoms with Crippen LogP contribution in [0.4, 0.5) is 10.5 Å². The Morgan fingerprint density at radius 2 is 1.90 bits per heavy atom. The molecule has 0 aromatic heterocycles. The number of carbonyl (C=O) groups excluding carboxylic acids is 3. The molecule has 20 heavy (non-hydrogen) atoms. The van der Waals surface area contributed by atoms with E-state index < -0.39 is 23.4 Å². The standard InChI is InChI=1S/C13H14ClN3O3/c1-13(2)11(19)16-10(18)7-17(13)12(20)15-9-5-3-8(14)4-6-9/h3-6H,7H2,1-2H3,(H,15,20)(H,16,18,19). The smallest absolute Gasteiger partial charge is 0.308 e. The highest BCUT2D eigenvalue weighted by atomic mass is 35.5. The van der Waals surface area contributed by atoms with Crippen molar-refractivity contribution in [2.45, 2.75) is 19.4 Å². The van der Waals surface area contributed by atoms with Gasteiger partial charge in [-0.25, -0.2) is 4.79 Å². The molecule has 0 saturated carbocycles. The third-order valence-corrected chi connectivity index (χ3v) is 3.38. The van der Waals surface area contributed by atoms with Crippen molar-refractivity contribution in [2.24, 2.45) is 0 Å². The minimum Gasteiger partial charge on any atom is -0.308 e. The fourth-order valence-corrected chi connectivity index (χ4v) is 1.96. The number of urea groups is 1. The van der Waals surface area contributed by atoms with Crippen LogP contribution in [-0.2, 0) is 9.59 Å².